The maximum absolute atomic E-state index is 3.58. The number of likely N-dealkylation sites (N-methyl/N-ethyl adjacent to an activating group) is 1. The second-order valence-corrected chi connectivity index (χ2v) is 6.24. The van der Waals surface area contributed by atoms with E-state index in [1.807, 2.05) is 0 Å². The van der Waals surface area contributed by atoms with Gasteiger partial charge in [-0.25, -0.2) is 0 Å². The monoisotopic (exact) mass is 295 g/mol. The molecule has 0 radical (unpaired) electrons. The Hall–Kier alpha value is 0.439. The van der Waals surface area contributed by atoms with E-state index in [2.05, 4.69) is 52.2 Å². The van der Waals surface area contributed by atoms with E-state index in [1.54, 1.807) is 4.47 Å². The second-order valence-electron chi connectivity index (χ2n) is 3.20. The molecule has 0 aliphatic heterocycles. The van der Waals surface area contributed by atoms with Crippen molar-refractivity contribution in [1.82, 2.24) is 4.90 Å². The quantitative estimate of drug-likeness (QED) is 0.721. The van der Waals surface area contributed by atoms with Gasteiger partial charge in [-0.05, 0) is 0 Å². The molecule has 0 spiro atoms. The molecule has 68 valence electrons. The van der Waals surface area contributed by atoms with Gasteiger partial charge in [-0.3, -0.25) is 0 Å². The van der Waals surface area contributed by atoms with Gasteiger partial charge in [-0.1, -0.05) is 0 Å². The number of hydrogen-bond acceptors (Lipinski definition) is 1. The molecule has 0 fully saturated rings. The van der Waals surface area contributed by atoms with Crippen molar-refractivity contribution in [2.45, 2.75) is 19.4 Å². The number of nitrogens with zero attached hydrogens (tertiary/aromatic N) is 1. The van der Waals surface area contributed by atoms with E-state index >= 15 is 0 Å². The van der Waals surface area contributed by atoms with Gasteiger partial charge in [-0.15, -0.1) is 0 Å². The fourth-order valence-corrected chi connectivity index (χ4v) is 3.91. The summed E-state index contributed by atoms with van der Waals surface area (Å²) in [6, 6.07) is 0.554. The third-order valence-electron chi connectivity index (χ3n) is 2.24. The van der Waals surface area contributed by atoms with Crippen LogP contribution in [0.3, 0.4) is 0 Å². The standard InChI is InChI=1S/C9H14BrNSe/c1-7(11(2)3)8-5-4-6-9(8)12-10/h4-5,7H,6H2,1-3H3/t7-/m1/s1. The van der Waals surface area contributed by atoms with E-state index in [0.29, 0.717) is 19.2 Å². The van der Waals surface area contributed by atoms with Crippen LogP contribution in [0.1, 0.15) is 13.3 Å². The Kier molecular flexibility index (Phi) is 4.04. The molecule has 1 atom stereocenters. The molecule has 0 aromatic rings. The fourth-order valence-electron chi connectivity index (χ4n) is 1.23. The van der Waals surface area contributed by atoms with E-state index in [0.717, 1.165) is 6.42 Å². The van der Waals surface area contributed by atoms with Gasteiger partial charge in [-0.2, -0.15) is 0 Å². The van der Waals surface area contributed by atoms with Gasteiger partial charge in [0, 0.05) is 0 Å². The molecule has 0 bridgehead atoms. The van der Waals surface area contributed by atoms with E-state index in [9.17, 15) is 0 Å². The molecule has 0 heterocycles. The zero-order valence-electron chi connectivity index (χ0n) is 7.67. The molecule has 0 saturated heterocycles. The molecule has 0 N–H and O–H groups in total. The average Bonchev–Trinajstić information content (AvgIpc) is 2.49. The Morgan fingerprint density at radius 2 is 2.25 bits per heavy atom. The molecule has 1 aliphatic rings. The zero-order chi connectivity index (χ0) is 9.14. The first-order valence-electron chi connectivity index (χ1n) is 4.01. The van der Waals surface area contributed by atoms with Gasteiger partial charge in [0.25, 0.3) is 0 Å². The number of rotatable bonds is 3. The SMILES string of the molecule is C[C@H](C1=C([Se]Br)CC=C1)N(C)C. The molecule has 1 nitrogen and oxygen atoms in total. The van der Waals surface area contributed by atoms with Crippen LogP contribution in [-0.2, 0) is 0 Å². The topological polar surface area (TPSA) is 3.24 Å². The first-order valence-corrected chi connectivity index (χ1v) is 8.88. The minimum atomic E-state index is 0.496. The Morgan fingerprint density at radius 3 is 2.75 bits per heavy atom. The summed E-state index contributed by atoms with van der Waals surface area (Å²) in [5.41, 5.74) is 1.51. The Bertz CT molecular complexity index is 221. The molecule has 0 aromatic carbocycles. The summed E-state index contributed by atoms with van der Waals surface area (Å²) < 4.78 is 1.59. The van der Waals surface area contributed by atoms with Gasteiger partial charge in [0.2, 0.25) is 0 Å². The van der Waals surface area contributed by atoms with Crippen LogP contribution in [-0.4, -0.2) is 38.2 Å². The van der Waals surface area contributed by atoms with E-state index in [-0.39, 0.29) is 0 Å². The predicted molar refractivity (Wildman–Crippen MR) is 58.6 cm³/mol. The average molecular weight is 295 g/mol. The minimum absolute atomic E-state index is 0.496. The number of hydrogen-bond donors (Lipinski definition) is 0. The van der Waals surface area contributed by atoms with Crippen molar-refractivity contribution in [2.75, 3.05) is 14.1 Å². The molecule has 0 aromatic heterocycles. The van der Waals surface area contributed by atoms with Crippen LogP contribution in [0, 0.1) is 0 Å². The van der Waals surface area contributed by atoms with Gasteiger partial charge in [0.1, 0.15) is 0 Å². The van der Waals surface area contributed by atoms with Gasteiger partial charge in [0.05, 0.1) is 0 Å². The van der Waals surface area contributed by atoms with Gasteiger partial charge < -0.3 is 0 Å². The molecule has 0 amide bonds. The van der Waals surface area contributed by atoms with Crippen LogP contribution >= 0.6 is 14.1 Å². The van der Waals surface area contributed by atoms with Crippen LogP contribution in [0.25, 0.3) is 0 Å². The zero-order valence-corrected chi connectivity index (χ0v) is 11.0. The summed E-state index contributed by atoms with van der Waals surface area (Å²) in [5, 5.41) is 0. The molecule has 1 aliphatic carbocycles. The molecular formula is C9H14BrNSe. The van der Waals surface area contributed by atoms with Crippen molar-refractivity contribution in [3.05, 3.63) is 22.2 Å². The summed E-state index contributed by atoms with van der Waals surface area (Å²) in [4.78, 5) is 2.25. The van der Waals surface area contributed by atoms with Crippen molar-refractivity contribution in [1.29, 1.82) is 0 Å². The van der Waals surface area contributed by atoms with Crippen LogP contribution in [0.2, 0.25) is 0 Å². The molecule has 3 heteroatoms. The molecule has 12 heavy (non-hydrogen) atoms. The normalized spacial score (nSPS) is 19.4. The summed E-state index contributed by atoms with van der Waals surface area (Å²) in [6.45, 7) is 2.25. The Morgan fingerprint density at radius 1 is 1.58 bits per heavy atom. The van der Waals surface area contributed by atoms with Crippen molar-refractivity contribution in [2.24, 2.45) is 0 Å². The van der Waals surface area contributed by atoms with Crippen LogP contribution in [0.5, 0.6) is 0 Å². The van der Waals surface area contributed by atoms with Crippen molar-refractivity contribution in [3.63, 3.8) is 0 Å². The second kappa shape index (κ2) is 4.61. The number of halogens is 1. The predicted octanol–water partition coefficient (Wildman–Crippen LogP) is 2.16. The third kappa shape index (κ3) is 2.23. The van der Waals surface area contributed by atoms with Crippen molar-refractivity contribution in [3.8, 4) is 0 Å². The molecule has 0 unspecified atom stereocenters. The maximum atomic E-state index is 3.58. The summed E-state index contributed by atoms with van der Waals surface area (Å²) in [5.74, 6) is 0. The van der Waals surface area contributed by atoms with Crippen molar-refractivity contribution >= 4 is 27.3 Å². The van der Waals surface area contributed by atoms with Crippen LogP contribution in [0.4, 0.5) is 0 Å². The van der Waals surface area contributed by atoms with Crippen LogP contribution in [0.15, 0.2) is 22.2 Å². The molecule has 1 rings (SSSR count). The Labute approximate surface area is 87.7 Å². The van der Waals surface area contributed by atoms with Gasteiger partial charge >= 0.3 is 87.8 Å². The summed E-state index contributed by atoms with van der Waals surface area (Å²) in [7, 11) is 4.26. The summed E-state index contributed by atoms with van der Waals surface area (Å²) in [6.07, 6.45) is 5.68. The molecular weight excluding hydrogens is 281 g/mol. The van der Waals surface area contributed by atoms with E-state index < -0.39 is 0 Å². The first kappa shape index (κ1) is 10.5. The fraction of sp³-hybridized carbons (Fsp3) is 0.556. The molecule has 0 saturated carbocycles. The van der Waals surface area contributed by atoms with Gasteiger partial charge in [0.15, 0.2) is 0 Å². The van der Waals surface area contributed by atoms with Crippen molar-refractivity contribution < 1.29 is 0 Å². The number of allylic oxidation sites excluding steroid dienone is 2. The van der Waals surface area contributed by atoms with E-state index in [1.165, 1.54) is 5.57 Å². The van der Waals surface area contributed by atoms with E-state index in [4.69, 9.17) is 0 Å². The Balaban J connectivity index is 2.77. The van der Waals surface area contributed by atoms with Crippen LogP contribution < -0.4 is 0 Å². The third-order valence-corrected chi connectivity index (χ3v) is 5.51. The summed E-state index contributed by atoms with van der Waals surface area (Å²) >= 11 is 4.08. The first-order chi connectivity index (χ1) is 5.66.